The summed E-state index contributed by atoms with van der Waals surface area (Å²) in [7, 11) is 0. The smallest absolute Gasteiger partial charge is 0.367 e. The minimum absolute atomic E-state index is 0.0114. The molecule has 3 atom stereocenters. The molecule has 0 bridgehead atoms. The van der Waals surface area contributed by atoms with E-state index in [1.165, 1.54) is 11.8 Å². The molecule has 0 aromatic rings. The van der Waals surface area contributed by atoms with E-state index >= 15 is 0 Å². The predicted molar refractivity (Wildman–Crippen MR) is 105 cm³/mol. The Kier molecular flexibility index (Phi) is 6.75. The lowest BCUT2D eigenvalue weighted by molar-refractivity contribution is -0.118. The quantitative estimate of drug-likeness (QED) is 0.558. The summed E-state index contributed by atoms with van der Waals surface area (Å²) in [5.74, 6) is 0.363. The first kappa shape index (κ1) is 21.2. The zero-order valence-electron chi connectivity index (χ0n) is 16.7. The van der Waals surface area contributed by atoms with Gasteiger partial charge < -0.3 is 9.53 Å². The molecule has 1 fully saturated rings. The molecule has 0 N–H and O–H groups in total. The van der Waals surface area contributed by atoms with Crippen molar-refractivity contribution in [2.75, 3.05) is 6.61 Å². The van der Waals surface area contributed by atoms with Crippen molar-refractivity contribution in [1.29, 1.82) is 0 Å². The summed E-state index contributed by atoms with van der Waals surface area (Å²) >= 11 is 1.26. The molecule has 0 unspecified atom stereocenters. The van der Waals surface area contributed by atoms with E-state index in [9.17, 15) is 14.4 Å². The van der Waals surface area contributed by atoms with Crippen LogP contribution in [-0.2, 0) is 14.3 Å². The van der Waals surface area contributed by atoms with Crippen LogP contribution in [0.2, 0.25) is 0 Å². The largest absolute Gasteiger partial charge is 0.458 e. The molecule has 0 radical (unpaired) electrons. The summed E-state index contributed by atoms with van der Waals surface area (Å²) in [5, 5.41) is -0.180. The maximum absolute atomic E-state index is 12.8. The fraction of sp³-hybridized carbons (Fsp3) is 0.762. The summed E-state index contributed by atoms with van der Waals surface area (Å²) < 4.78 is 5.16. The van der Waals surface area contributed by atoms with Gasteiger partial charge in [0.1, 0.15) is 5.78 Å². The predicted octanol–water partition coefficient (Wildman–Crippen LogP) is 5.35. The summed E-state index contributed by atoms with van der Waals surface area (Å²) in [5.41, 5.74) is 1.03. The van der Waals surface area contributed by atoms with Crippen molar-refractivity contribution >= 4 is 28.6 Å². The molecule has 2 aliphatic rings. The zero-order valence-corrected chi connectivity index (χ0v) is 17.5. The molecule has 0 aliphatic heterocycles. The highest BCUT2D eigenvalue weighted by atomic mass is 32.2. The molecular weight excluding hydrogens is 348 g/mol. The maximum Gasteiger partial charge on any atom is 0.367 e. The van der Waals surface area contributed by atoms with Gasteiger partial charge in [-0.1, -0.05) is 26.8 Å². The summed E-state index contributed by atoms with van der Waals surface area (Å²) in [6, 6.07) is 0. The zero-order chi connectivity index (χ0) is 19.5. The van der Waals surface area contributed by atoms with Crippen LogP contribution in [0.3, 0.4) is 0 Å². The van der Waals surface area contributed by atoms with Gasteiger partial charge in [0.15, 0.2) is 5.78 Å². The van der Waals surface area contributed by atoms with Gasteiger partial charge in [-0.25, -0.2) is 4.79 Å². The molecule has 26 heavy (non-hydrogen) atoms. The first-order chi connectivity index (χ1) is 12.1. The number of fused-ring (bicyclic) bond motifs is 1. The molecule has 0 amide bonds. The second-order valence-electron chi connectivity index (χ2n) is 8.86. The lowest BCUT2D eigenvalue weighted by atomic mass is 9.58. The molecule has 0 heterocycles. The normalized spacial score (nSPS) is 29.7. The van der Waals surface area contributed by atoms with Gasteiger partial charge in [-0.15, -0.1) is 0 Å². The fourth-order valence-corrected chi connectivity index (χ4v) is 6.53. The average molecular weight is 381 g/mol. The van der Waals surface area contributed by atoms with Gasteiger partial charge in [-0.3, -0.25) is 4.79 Å². The average Bonchev–Trinajstić information content (AvgIpc) is 2.82. The lowest BCUT2D eigenvalue weighted by Crippen LogP contribution is -2.45. The van der Waals surface area contributed by atoms with Gasteiger partial charge in [0.2, 0.25) is 0 Å². The number of carbonyl (C=O) groups is 3. The summed E-state index contributed by atoms with van der Waals surface area (Å²) in [6.45, 7) is 10.5. The van der Waals surface area contributed by atoms with Gasteiger partial charge >= 0.3 is 5.30 Å². The van der Waals surface area contributed by atoms with E-state index in [1.54, 1.807) is 6.92 Å². The third-order valence-corrected chi connectivity index (χ3v) is 6.70. The van der Waals surface area contributed by atoms with E-state index in [2.05, 4.69) is 26.8 Å². The Morgan fingerprint density at radius 1 is 1.23 bits per heavy atom. The van der Waals surface area contributed by atoms with Gasteiger partial charge in [0.05, 0.1) is 6.61 Å². The standard InChI is InChI=1S/C21H32O4S/c1-6-25-19(24)26-17-12-20(3,4)13-21(5)11-10-15(18(17)21)16(23)9-7-8-14(2)22/h10,17-18H,6-9,11-13H2,1-5H3/t17-,18-,21+/m0/s1. The van der Waals surface area contributed by atoms with E-state index in [-0.39, 0.29) is 38.9 Å². The number of thioether (sulfide) groups is 1. The van der Waals surface area contributed by atoms with Crippen LogP contribution in [0.15, 0.2) is 11.6 Å². The van der Waals surface area contributed by atoms with Crippen LogP contribution in [0.25, 0.3) is 0 Å². The van der Waals surface area contributed by atoms with Crippen LogP contribution in [0.4, 0.5) is 4.79 Å². The fourth-order valence-electron chi connectivity index (χ4n) is 4.95. The van der Waals surface area contributed by atoms with E-state index in [1.807, 2.05) is 6.92 Å². The molecule has 2 rings (SSSR count). The summed E-state index contributed by atoms with van der Waals surface area (Å²) in [4.78, 5) is 36.1. The summed E-state index contributed by atoms with van der Waals surface area (Å²) in [6.07, 6.45) is 6.40. The van der Waals surface area contributed by atoms with Crippen molar-refractivity contribution in [3.05, 3.63) is 11.6 Å². The van der Waals surface area contributed by atoms with E-state index in [0.717, 1.165) is 24.8 Å². The van der Waals surface area contributed by atoms with E-state index in [4.69, 9.17) is 4.74 Å². The first-order valence-electron chi connectivity index (χ1n) is 9.64. The highest BCUT2D eigenvalue weighted by Gasteiger charge is 2.53. The Balaban J connectivity index is 2.18. The van der Waals surface area contributed by atoms with Crippen molar-refractivity contribution in [2.45, 2.75) is 78.4 Å². The molecule has 4 nitrogen and oxygen atoms in total. The molecule has 2 aliphatic carbocycles. The lowest BCUT2D eigenvalue weighted by Gasteiger charge is -2.49. The molecular formula is C21H32O4S. The molecule has 146 valence electrons. The van der Waals surface area contributed by atoms with Crippen molar-refractivity contribution in [2.24, 2.45) is 16.7 Å². The second-order valence-corrected chi connectivity index (χ2v) is 10.0. The molecule has 0 saturated heterocycles. The van der Waals surface area contributed by atoms with Gasteiger partial charge in [-0.2, -0.15) is 0 Å². The maximum atomic E-state index is 12.8. The SMILES string of the molecule is CCOC(=O)S[C@H]1CC(C)(C)C[C@@]2(C)CC=C(C(=O)CCCC(C)=O)[C@@H]12. The Morgan fingerprint density at radius 2 is 1.92 bits per heavy atom. The van der Waals surface area contributed by atoms with Crippen molar-refractivity contribution < 1.29 is 19.1 Å². The van der Waals surface area contributed by atoms with Crippen LogP contribution >= 0.6 is 11.8 Å². The van der Waals surface area contributed by atoms with Crippen LogP contribution in [0, 0.1) is 16.7 Å². The van der Waals surface area contributed by atoms with Crippen molar-refractivity contribution in [3.63, 3.8) is 0 Å². The third kappa shape index (κ3) is 4.99. The van der Waals surface area contributed by atoms with Gasteiger partial charge in [-0.05, 0) is 67.7 Å². The van der Waals surface area contributed by atoms with Gasteiger partial charge in [0, 0.05) is 24.0 Å². The highest BCUT2D eigenvalue weighted by Crippen LogP contribution is 2.60. The number of hydrogen-bond donors (Lipinski definition) is 0. The molecule has 0 aromatic heterocycles. The minimum atomic E-state index is -0.243. The van der Waals surface area contributed by atoms with Gasteiger partial charge in [0.25, 0.3) is 0 Å². The van der Waals surface area contributed by atoms with Crippen molar-refractivity contribution in [1.82, 2.24) is 0 Å². The topological polar surface area (TPSA) is 60.4 Å². The van der Waals surface area contributed by atoms with Crippen LogP contribution in [0.1, 0.15) is 73.1 Å². The number of Topliss-reactive ketones (excluding diaryl/α,β-unsaturated/α-hetero) is 2. The number of ether oxygens (including phenoxy) is 1. The number of rotatable bonds is 7. The van der Waals surface area contributed by atoms with Crippen LogP contribution in [0.5, 0.6) is 0 Å². The Bertz CT molecular complexity index is 607. The first-order valence-corrected chi connectivity index (χ1v) is 10.5. The molecule has 5 heteroatoms. The third-order valence-electron chi connectivity index (χ3n) is 5.65. The second kappa shape index (κ2) is 8.28. The minimum Gasteiger partial charge on any atom is -0.458 e. The van der Waals surface area contributed by atoms with Crippen molar-refractivity contribution in [3.8, 4) is 0 Å². The van der Waals surface area contributed by atoms with Crippen LogP contribution in [-0.4, -0.2) is 28.7 Å². The number of carbonyl (C=O) groups excluding carboxylic acids is 3. The number of hydrogen-bond acceptors (Lipinski definition) is 5. The monoisotopic (exact) mass is 380 g/mol. The highest BCUT2D eigenvalue weighted by molar-refractivity contribution is 8.13. The molecule has 1 saturated carbocycles. The Labute approximate surface area is 161 Å². The molecule has 0 spiro atoms. The Hall–Kier alpha value is -1.10. The number of allylic oxidation sites excluding steroid dienone is 2. The Morgan fingerprint density at radius 3 is 2.54 bits per heavy atom. The van der Waals surface area contributed by atoms with E-state index < -0.39 is 0 Å². The van der Waals surface area contributed by atoms with E-state index in [0.29, 0.717) is 25.9 Å². The van der Waals surface area contributed by atoms with Crippen LogP contribution < -0.4 is 0 Å². The molecule has 0 aromatic carbocycles. The number of ketones is 2.